The summed E-state index contributed by atoms with van der Waals surface area (Å²) in [6.45, 7) is 5.98. The molecule has 1 N–H and O–H groups in total. The Morgan fingerprint density at radius 2 is 2.36 bits per heavy atom. The monoisotopic (exact) mass is 193 g/mol. The Morgan fingerprint density at radius 3 is 2.93 bits per heavy atom. The summed E-state index contributed by atoms with van der Waals surface area (Å²) in [7, 11) is 0. The number of rotatable bonds is 2. The maximum Gasteiger partial charge on any atom is 0.254 e. The fourth-order valence-corrected chi connectivity index (χ4v) is 1.41. The van der Waals surface area contributed by atoms with Crippen LogP contribution >= 0.6 is 0 Å². The summed E-state index contributed by atoms with van der Waals surface area (Å²) in [5.74, 6) is 1.78. The molecule has 1 aliphatic rings. The van der Waals surface area contributed by atoms with Crippen LogP contribution in [-0.4, -0.2) is 23.2 Å². The van der Waals surface area contributed by atoms with Gasteiger partial charge in [-0.2, -0.15) is 4.98 Å². The van der Waals surface area contributed by atoms with Crippen molar-refractivity contribution in [3.05, 3.63) is 17.8 Å². The molecule has 0 aliphatic carbocycles. The van der Waals surface area contributed by atoms with Crippen LogP contribution < -0.4 is 5.32 Å². The molecule has 14 heavy (non-hydrogen) atoms. The van der Waals surface area contributed by atoms with E-state index in [-0.39, 0.29) is 0 Å². The zero-order valence-electron chi connectivity index (χ0n) is 8.58. The Labute approximate surface area is 83.4 Å². The van der Waals surface area contributed by atoms with Gasteiger partial charge in [0.15, 0.2) is 5.82 Å². The molecule has 1 aromatic heterocycles. The summed E-state index contributed by atoms with van der Waals surface area (Å²) in [5, 5.41) is 7.21. The Morgan fingerprint density at radius 1 is 1.50 bits per heavy atom. The predicted molar refractivity (Wildman–Crippen MR) is 53.9 cm³/mol. The van der Waals surface area contributed by atoms with Crippen molar-refractivity contribution in [3.63, 3.8) is 0 Å². The van der Waals surface area contributed by atoms with Gasteiger partial charge in [0, 0.05) is 18.0 Å². The second-order valence-electron chi connectivity index (χ2n) is 3.81. The van der Waals surface area contributed by atoms with Gasteiger partial charge in [-0.15, -0.1) is 0 Å². The van der Waals surface area contributed by atoms with E-state index in [9.17, 15) is 0 Å². The Bertz CT molecular complexity index is 341. The van der Waals surface area contributed by atoms with Crippen LogP contribution in [0.3, 0.4) is 0 Å². The lowest BCUT2D eigenvalue weighted by molar-refractivity contribution is 0.396. The maximum atomic E-state index is 5.20. The molecule has 0 atom stereocenters. The molecule has 1 aromatic rings. The molecule has 0 saturated carbocycles. The average molecular weight is 193 g/mol. The van der Waals surface area contributed by atoms with Crippen LogP contribution in [0.5, 0.6) is 0 Å². The standard InChI is InChI=1S/C10H15N3O/c1-7(2)9-12-10(14-13-9)8-4-3-5-11-6-8/h4,7,11H,3,5-6H2,1-2H3. The third-order valence-electron chi connectivity index (χ3n) is 2.26. The van der Waals surface area contributed by atoms with Crippen LogP contribution in [0.15, 0.2) is 10.6 Å². The molecule has 76 valence electrons. The highest BCUT2D eigenvalue weighted by molar-refractivity contribution is 5.60. The molecule has 0 bridgehead atoms. The van der Waals surface area contributed by atoms with Gasteiger partial charge in [-0.05, 0) is 13.0 Å². The molecule has 2 rings (SSSR count). The van der Waals surface area contributed by atoms with Gasteiger partial charge < -0.3 is 9.84 Å². The smallest absolute Gasteiger partial charge is 0.254 e. The molecular weight excluding hydrogens is 178 g/mol. The van der Waals surface area contributed by atoms with Crippen LogP contribution in [-0.2, 0) is 0 Å². The summed E-state index contributed by atoms with van der Waals surface area (Å²) in [6, 6.07) is 0. The van der Waals surface area contributed by atoms with Gasteiger partial charge in [0.2, 0.25) is 0 Å². The molecule has 4 nitrogen and oxygen atoms in total. The summed E-state index contributed by atoms with van der Waals surface area (Å²) in [5.41, 5.74) is 1.12. The predicted octanol–water partition coefficient (Wildman–Crippen LogP) is 1.57. The molecule has 1 aliphatic heterocycles. The van der Waals surface area contributed by atoms with E-state index in [2.05, 4.69) is 35.4 Å². The lowest BCUT2D eigenvalue weighted by Crippen LogP contribution is -2.21. The Kier molecular flexibility index (Phi) is 2.63. The van der Waals surface area contributed by atoms with Gasteiger partial charge >= 0.3 is 0 Å². The number of hydrogen-bond acceptors (Lipinski definition) is 4. The molecule has 0 unspecified atom stereocenters. The minimum absolute atomic E-state index is 0.324. The fraction of sp³-hybridized carbons (Fsp3) is 0.600. The molecule has 0 amide bonds. The SMILES string of the molecule is CC(C)c1noc(C2=CCCNC2)n1. The number of nitrogens with zero attached hydrogens (tertiary/aromatic N) is 2. The topological polar surface area (TPSA) is 51.0 Å². The van der Waals surface area contributed by atoms with Crippen molar-refractivity contribution >= 4 is 5.57 Å². The van der Waals surface area contributed by atoms with E-state index in [1.807, 2.05) is 0 Å². The first-order chi connectivity index (χ1) is 6.77. The molecule has 0 radical (unpaired) electrons. The van der Waals surface area contributed by atoms with Crippen molar-refractivity contribution in [1.82, 2.24) is 15.5 Å². The van der Waals surface area contributed by atoms with E-state index in [0.717, 1.165) is 30.9 Å². The maximum absolute atomic E-state index is 5.20. The largest absolute Gasteiger partial charge is 0.334 e. The van der Waals surface area contributed by atoms with Gasteiger partial charge in [0.25, 0.3) is 5.89 Å². The first-order valence-electron chi connectivity index (χ1n) is 5.01. The second kappa shape index (κ2) is 3.92. The van der Waals surface area contributed by atoms with Crippen LogP contribution in [0.1, 0.15) is 37.9 Å². The van der Waals surface area contributed by atoms with E-state index in [4.69, 9.17) is 4.52 Å². The fourth-order valence-electron chi connectivity index (χ4n) is 1.41. The van der Waals surface area contributed by atoms with E-state index < -0.39 is 0 Å². The number of hydrogen-bond donors (Lipinski definition) is 1. The first kappa shape index (κ1) is 9.40. The van der Waals surface area contributed by atoms with E-state index in [1.54, 1.807) is 0 Å². The second-order valence-corrected chi connectivity index (χ2v) is 3.81. The molecule has 0 saturated heterocycles. The Balaban J connectivity index is 2.19. The van der Waals surface area contributed by atoms with Crippen molar-refractivity contribution < 1.29 is 4.52 Å². The Hall–Kier alpha value is -1.16. The van der Waals surface area contributed by atoms with E-state index >= 15 is 0 Å². The first-order valence-corrected chi connectivity index (χ1v) is 5.01. The van der Waals surface area contributed by atoms with Crippen molar-refractivity contribution in [3.8, 4) is 0 Å². The third kappa shape index (κ3) is 1.85. The van der Waals surface area contributed by atoms with Crippen LogP contribution in [0, 0.1) is 0 Å². The minimum Gasteiger partial charge on any atom is -0.334 e. The van der Waals surface area contributed by atoms with Crippen LogP contribution in [0.4, 0.5) is 0 Å². The lowest BCUT2D eigenvalue weighted by Gasteiger charge is -2.09. The van der Waals surface area contributed by atoms with Crippen molar-refractivity contribution in [1.29, 1.82) is 0 Å². The highest BCUT2D eigenvalue weighted by Gasteiger charge is 2.14. The zero-order chi connectivity index (χ0) is 9.97. The molecule has 0 aromatic carbocycles. The quantitative estimate of drug-likeness (QED) is 0.774. The molecule has 0 fully saturated rings. The van der Waals surface area contributed by atoms with E-state index in [1.165, 1.54) is 0 Å². The third-order valence-corrected chi connectivity index (χ3v) is 2.26. The molecule has 4 heteroatoms. The number of nitrogens with one attached hydrogen (secondary N) is 1. The zero-order valence-corrected chi connectivity index (χ0v) is 8.58. The van der Waals surface area contributed by atoms with Crippen LogP contribution in [0.2, 0.25) is 0 Å². The summed E-state index contributed by atoms with van der Waals surface area (Å²) in [6.07, 6.45) is 3.20. The van der Waals surface area contributed by atoms with Gasteiger partial charge in [-0.1, -0.05) is 25.1 Å². The summed E-state index contributed by atoms with van der Waals surface area (Å²) >= 11 is 0. The average Bonchev–Trinajstić information content (AvgIpc) is 2.68. The lowest BCUT2D eigenvalue weighted by atomic mass is 10.1. The molecule has 0 spiro atoms. The summed E-state index contributed by atoms with van der Waals surface area (Å²) in [4.78, 5) is 4.35. The highest BCUT2D eigenvalue weighted by atomic mass is 16.5. The molecule has 2 heterocycles. The number of aromatic nitrogens is 2. The van der Waals surface area contributed by atoms with Crippen molar-refractivity contribution in [2.45, 2.75) is 26.2 Å². The van der Waals surface area contributed by atoms with Crippen molar-refractivity contribution in [2.75, 3.05) is 13.1 Å². The van der Waals surface area contributed by atoms with Gasteiger partial charge in [0.1, 0.15) is 0 Å². The van der Waals surface area contributed by atoms with Gasteiger partial charge in [0.05, 0.1) is 0 Å². The normalized spacial score (nSPS) is 17.2. The highest BCUT2D eigenvalue weighted by Crippen LogP contribution is 2.17. The van der Waals surface area contributed by atoms with Crippen LogP contribution in [0.25, 0.3) is 5.57 Å². The van der Waals surface area contributed by atoms with E-state index in [0.29, 0.717) is 11.8 Å². The summed E-state index contributed by atoms with van der Waals surface area (Å²) < 4.78 is 5.20. The van der Waals surface area contributed by atoms with Gasteiger partial charge in [-0.25, -0.2) is 0 Å². The minimum atomic E-state index is 0.324. The molecular formula is C10H15N3O. The van der Waals surface area contributed by atoms with Gasteiger partial charge in [-0.3, -0.25) is 0 Å². The van der Waals surface area contributed by atoms with Crippen molar-refractivity contribution in [2.24, 2.45) is 0 Å².